The second-order valence-electron chi connectivity index (χ2n) is 5.70. The molecule has 0 saturated carbocycles. The normalized spacial score (nSPS) is 18.9. The molecular weight excluding hydrogens is 266 g/mol. The van der Waals surface area contributed by atoms with Crippen LogP contribution in [0.5, 0.6) is 0 Å². The molecule has 2 aromatic rings. The Hall–Kier alpha value is -1.31. The summed E-state index contributed by atoms with van der Waals surface area (Å²) < 4.78 is 0. The fourth-order valence-corrected chi connectivity index (χ4v) is 3.41. The second-order valence-corrected chi connectivity index (χ2v) is 6.11. The van der Waals surface area contributed by atoms with Crippen molar-refractivity contribution >= 4 is 11.6 Å². The molecule has 0 radical (unpaired) electrons. The summed E-state index contributed by atoms with van der Waals surface area (Å²) in [6, 6.07) is 15.6. The van der Waals surface area contributed by atoms with Gasteiger partial charge in [-0.3, -0.25) is 0 Å². The molecule has 0 fully saturated rings. The molecule has 104 valence electrons. The Kier molecular flexibility index (Phi) is 3.82. The molecule has 1 aliphatic rings. The Bertz CT molecular complexity index is 621. The van der Waals surface area contributed by atoms with Crippen LogP contribution in [0.25, 0.3) is 0 Å². The number of halogens is 1. The first-order chi connectivity index (χ1) is 9.65. The van der Waals surface area contributed by atoms with Gasteiger partial charge in [0, 0.05) is 17.1 Å². The first kappa shape index (κ1) is 13.7. The Morgan fingerprint density at radius 2 is 2.00 bits per heavy atom. The van der Waals surface area contributed by atoms with Crippen molar-refractivity contribution in [3.63, 3.8) is 0 Å². The van der Waals surface area contributed by atoms with Crippen molar-refractivity contribution in [2.24, 2.45) is 0 Å². The quantitative estimate of drug-likeness (QED) is 0.838. The van der Waals surface area contributed by atoms with E-state index in [0.717, 1.165) is 5.02 Å². The van der Waals surface area contributed by atoms with Crippen LogP contribution in [0, 0.1) is 6.92 Å². The van der Waals surface area contributed by atoms with Crippen molar-refractivity contribution in [2.75, 3.05) is 0 Å². The van der Waals surface area contributed by atoms with E-state index < -0.39 is 0 Å². The van der Waals surface area contributed by atoms with E-state index >= 15 is 0 Å². The molecule has 1 N–H and O–H groups in total. The van der Waals surface area contributed by atoms with E-state index in [0.29, 0.717) is 6.04 Å². The van der Waals surface area contributed by atoms with Gasteiger partial charge >= 0.3 is 0 Å². The minimum atomic E-state index is 0.264. The van der Waals surface area contributed by atoms with Gasteiger partial charge in [-0.1, -0.05) is 53.6 Å². The van der Waals surface area contributed by atoms with E-state index in [1.807, 2.05) is 18.2 Å². The minimum absolute atomic E-state index is 0.264. The van der Waals surface area contributed by atoms with Gasteiger partial charge in [-0.2, -0.15) is 0 Å². The van der Waals surface area contributed by atoms with Gasteiger partial charge in [0.15, 0.2) is 0 Å². The molecule has 2 atom stereocenters. The molecule has 20 heavy (non-hydrogen) atoms. The topological polar surface area (TPSA) is 12.0 Å². The molecule has 0 bridgehead atoms. The Labute approximate surface area is 126 Å². The van der Waals surface area contributed by atoms with E-state index in [4.69, 9.17) is 11.6 Å². The van der Waals surface area contributed by atoms with E-state index in [1.165, 1.54) is 35.1 Å². The standard InChI is InChI=1S/C18H20ClN/c1-12-7-8-14-9-10-18(16(14)11-12)20-13(2)15-5-3-4-6-17(15)19/h3-8,11,13,18,20H,9-10H2,1-2H3/t13-,18?/m0/s1. The Morgan fingerprint density at radius 1 is 1.20 bits per heavy atom. The van der Waals surface area contributed by atoms with Crippen LogP contribution in [-0.2, 0) is 6.42 Å². The predicted molar refractivity (Wildman–Crippen MR) is 85.2 cm³/mol. The molecule has 1 unspecified atom stereocenters. The zero-order chi connectivity index (χ0) is 14.1. The Balaban J connectivity index is 1.80. The molecule has 2 aromatic carbocycles. The maximum absolute atomic E-state index is 6.29. The maximum Gasteiger partial charge on any atom is 0.0453 e. The van der Waals surface area contributed by atoms with Gasteiger partial charge in [-0.05, 0) is 49.4 Å². The van der Waals surface area contributed by atoms with Crippen molar-refractivity contribution in [3.8, 4) is 0 Å². The van der Waals surface area contributed by atoms with Crippen LogP contribution in [0.2, 0.25) is 5.02 Å². The number of hydrogen-bond donors (Lipinski definition) is 1. The molecule has 0 amide bonds. The summed E-state index contributed by atoms with van der Waals surface area (Å²) >= 11 is 6.29. The summed E-state index contributed by atoms with van der Waals surface area (Å²) in [5.74, 6) is 0. The zero-order valence-electron chi connectivity index (χ0n) is 12.0. The average Bonchev–Trinajstić information content (AvgIpc) is 2.82. The van der Waals surface area contributed by atoms with E-state index in [9.17, 15) is 0 Å². The zero-order valence-corrected chi connectivity index (χ0v) is 12.7. The number of aryl methyl sites for hydroxylation is 2. The SMILES string of the molecule is Cc1ccc2c(c1)C(N[C@@H](C)c1ccccc1Cl)CC2. The van der Waals surface area contributed by atoms with Crippen molar-refractivity contribution in [2.45, 2.75) is 38.8 Å². The van der Waals surface area contributed by atoms with Crippen molar-refractivity contribution in [1.29, 1.82) is 0 Å². The van der Waals surface area contributed by atoms with Crippen LogP contribution < -0.4 is 5.32 Å². The van der Waals surface area contributed by atoms with Crippen LogP contribution in [0.4, 0.5) is 0 Å². The van der Waals surface area contributed by atoms with E-state index in [1.54, 1.807) is 0 Å². The smallest absolute Gasteiger partial charge is 0.0453 e. The van der Waals surface area contributed by atoms with Gasteiger partial charge in [0.05, 0.1) is 0 Å². The highest BCUT2D eigenvalue weighted by Gasteiger charge is 2.24. The number of benzene rings is 2. The van der Waals surface area contributed by atoms with Crippen LogP contribution >= 0.6 is 11.6 Å². The number of fused-ring (bicyclic) bond motifs is 1. The summed E-state index contributed by atoms with van der Waals surface area (Å²) in [6.45, 7) is 4.35. The summed E-state index contributed by atoms with van der Waals surface area (Å²) in [7, 11) is 0. The molecule has 0 aliphatic heterocycles. The first-order valence-corrected chi connectivity index (χ1v) is 7.63. The fourth-order valence-electron chi connectivity index (χ4n) is 3.11. The molecule has 0 aromatic heterocycles. The average molecular weight is 286 g/mol. The van der Waals surface area contributed by atoms with Crippen molar-refractivity contribution in [1.82, 2.24) is 5.32 Å². The highest BCUT2D eigenvalue weighted by Crippen LogP contribution is 2.34. The molecule has 2 heteroatoms. The van der Waals surface area contributed by atoms with Gasteiger partial charge in [-0.25, -0.2) is 0 Å². The lowest BCUT2D eigenvalue weighted by Gasteiger charge is -2.22. The molecule has 0 saturated heterocycles. The van der Waals surface area contributed by atoms with Crippen LogP contribution in [0.15, 0.2) is 42.5 Å². The lowest BCUT2D eigenvalue weighted by Crippen LogP contribution is -2.23. The Morgan fingerprint density at radius 3 is 2.80 bits per heavy atom. The van der Waals surface area contributed by atoms with Gasteiger partial charge < -0.3 is 5.32 Å². The summed E-state index contributed by atoms with van der Waals surface area (Å²) in [5.41, 5.74) is 5.46. The third-order valence-electron chi connectivity index (χ3n) is 4.20. The number of rotatable bonds is 3. The van der Waals surface area contributed by atoms with Crippen LogP contribution in [0.3, 0.4) is 0 Å². The van der Waals surface area contributed by atoms with Gasteiger partial charge in [0.2, 0.25) is 0 Å². The lowest BCUT2D eigenvalue weighted by atomic mass is 10.0. The second kappa shape index (κ2) is 5.59. The third-order valence-corrected chi connectivity index (χ3v) is 4.55. The highest BCUT2D eigenvalue weighted by molar-refractivity contribution is 6.31. The van der Waals surface area contributed by atoms with E-state index in [-0.39, 0.29) is 6.04 Å². The fraction of sp³-hybridized carbons (Fsp3) is 0.333. The van der Waals surface area contributed by atoms with Gasteiger partial charge in [0.25, 0.3) is 0 Å². The van der Waals surface area contributed by atoms with Crippen LogP contribution in [-0.4, -0.2) is 0 Å². The molecule has 3 rings (SSSR count). The van der Waals surface area contributed by atoms with E-state index in [2.05, 4.69) is 43.4 Å². The largest absolute Gasteiger partial charge is 0.303 e. The third kappa shape index (κ3) is 2.61. The molecule has 0 spiro atoms. The number of nitrogens with one attached hydrogen (secondary N) is 1. The minimum Gasteiger partial charge on any atom is -0.303 e. The van der Waals surface area contributed by atoms with Gasteiger partial charge in [-0.15, -0.1) is 0 Å². The summed E-state index contributed by atoms with van der Waals surface area (Å²) in [6.07, 6.45) is 2.34. The summed E-state index contributed by atoms with van der Waals surface area (Å²) in [5, 5.41) is 4.58. The number of hydrogen-bond acceptors (Lipinski definition) is 1. The summed E-state index contributed by atoms with van der Waals surface area (Å²) in [4.78, 5) is 0. The molecule has 0 heterocycles. The maximum atomic E-state index is 6.29. The van der Waals surface area contributed by atoms with Crippen molar-refractivity contribution in [3.05, 3.63) is 69.7 Å². The molecular formula is C18H20ClN. The highest BCUT2D eigenvalue weighted by atomic mass is 35.5. The molecule has 1 aliphatic carbocycles. The van der Waals surface area contributed by atoms with Crippen molar-refractivity contribution < 1.29 is 0 Å². The monoisotopic (exact) mass is 285 g/mol. The van der Waals surface area contributed by atoms with Gasteiger partial charge in [0.1, 0.15) is 0 Å². The molecule has 1 nitrogen and oxygen atoms in total. The first-order valence-electron chi connectivity index (χ1n) is 7.25. The predicted octanol–water partition coefficient (Wildman–Crippen LogP) is 4.99. The van der Waals surface area contributed by atoms with Crippen LogP contribution in [0.1, 0.15) is 47.7 Å². The lowest BCUT2D eigenvalue weighted by molar-refractivity contribution is 0.465.